The van der Waals surface area contributed by atoms with E-state index in [1.807, 2.05) is 18.2 Å². The van der Waals surface area contributed by atoms with Crippen molar-refractivity contribution in [1.29, 1.82) is 0 Å². The SMILES string of the molecule is CC(c1cccc2c1CCC2)C(NS(=O)(=O)c1ccc(F)c(S(C)(=O)=O)c1)c1n[nH]c(=O)o1. The predicted octanol–water partition coefficient (Wildman–Crippen LogP) is 2.22. The number of hydrogen-bond acceptors (Lipinski definition) is 7. The molecule has 3 aromatic rings. The summed E-state index contributed by atoms with van der Waals surface area (Å²) in [6.45, 7) is 1.78. The second-order valence-electron chi connectivity index (χ2n) is 8.04. The largest absolute Gasteiger partial charge is 0.434 e. The fourth-order valence-electron chi connectivity index (χ4n) is 4.17. The molecular formula is C21H22FN3O6S2. The van der Waals surface area contributed by atoms with E-state index in [1.54, 1.807) is 6.92 Å². The molecule has 0 spiro atoms. The van der Waals surface area contributed by atoms with Crippen LogP contribution in [-0.2, 0) is 32.7 Å². The average Bonchev–Trinajstić information content (AvgIpc) is 3.39. The number of nitrogens with one attached hydrogen (secondary N) is 2. The first kappa shape index (κ1) is 23.3. The molecule has 0 saturated carbocycles. The van der Waals surface area contributed by atoms with E-state index in [4.69, 9.17) is 4.42 Å². The van der Waals surface area contributed by atoms with Crippen molar-refractivity contribution in [1.82, 2.24) is 14.9 Å². The lowest BCUT2D eigenvalue weighted by molar-refractivity contribution is 0.381. The first-order valence-corrected chi connectivity index (χ1v) is 13.5. The highest BCUT2D eigenvalue weighted by atomic mass is 32.2. The number of sulfonamides is 1. The second kappa shape index (κ2) is 8.50. The van der Waals surface area contributed by atoms with Crippen LogP contribution in [0.15, 0.2) is 55.4 Å². The van der Waals surface area contributed by atoms with E-state index in [2.05, 4.69) is 14.9 Å². The summed E-state index contributed by atoms with van der Waals surface area (Å²) in [4.78, 5) is 10.4. The standard InChI is InChI=1S/C21H22FN3O6S2/c1-12(15-7-3-5-13-6-4-8-16(13)15)19(20-23-24-21(26)31-20)25-33(29,30)14-9-10-17(22)18(11-14)32(2,27)28/h3,5,7,9-12,19,25H,4,6,8H2,1-2H3,(H,24,26). The molecule has 2 atom stereocenters. The van der Waals surface area contributed by atoms with Crippen LogP contribution in [0.1, 0.15) is 47.9 Å². The fraction of sp³-hybridized carbons (Fsp3) is 0.333. The second-order valence-corrected chi connectivity index (χ2v) is 11.7. The maximum atomic E-state index is 14.0. The number of rotatable bonds is 7. The summed E-state index contributed by atoms with van der Waals surface area (Å²) < 4.78 is 71.7. The molecule has 0 bridgehead atoms. The molecule has 1 aliphatic rings. The number of halogens is 1. The van der Waals surface area contributed by atoms with Gasteiger partial charge in [-0.2, -0.15) is 4.72 Å². The summed E-state index contributed by atoms with van der Waals surface area (Å²) >= 11 is 0. The van der Waals surface area contributed by atoms with Gasteiger partial charge in [0.2, 0.25) is 15.9 Å². The van der Waals surface area contributed by atoms with Crippen LogP contribution >= 0.6 is 0 Å². The molecular weight excluding hydrogens is 473 g/mol. The van der Waals surface area contributed by atoms with Crippen molar-refractivity contribution >= 4 is 19.9 Å². The summed E-state index contributed by atoms with van der Waals surface area (Å²) in [6, 6.07) is 7.22. The smallest absolute Gasteiger partial charge is 0.391 e. The zero-order valence-electron chi connectivity index (χ0n) is 17.8. The van der Waals surface area contributed by atoms with Gasteiger partial charge in [-0.05, 0) is 54.2 Å². The summed E-state index contributed by atoms with van der Waals surface area (Å²) in [5, 5.41) is 5.95. The molecule has 0 amide bonds. The lowest BCUT2D eigenvalue weighted by Crippen LogP contribution is -2.32. The van der Waals surface area contributed by atoms with Crippen molar-refractivity contribution in [2.75, 3.05) is 6.26 Å². The third-order valence-corrected chi connectivity index (χ3v) is 8.34. The average molecular weight is 496 g/mol. The molecule has 1 heterocycles. The van der Waals surface area contributed by atoms with Gasteiger partial charge in [0, 0.05) is 12.2 Å². The summed E-state index contributed by atoms with van der Waals surface area (Å²) in [5.74, 6) is -2.56. The van der Waals surface area contributed by atoms with Crippen LogP contribution in [-0.4, -0.2) is 33.3 Å². The minimum Gasteiger partial charge on any atom is -0.391 e. The van der Waals surface area contributed by atoms with Crippen LogP contribution in [0.4, 0.5) is 4.39 Å². The molecule has 176 valence electrons. The molecule has 12 heteroatoms. The fourth-order valence-corrected chi connectivity index (χ4v) is 6.30. The predicted molar refractivity (Wildman–Crippen MR) is 117 cm³/mol. The van der Waals surface area contributed by atoms with Crippen molar-refractivity contribution in [3.8, 4) is 0 Å². The van der Waals surface area contributed by atoms with Crippen LogP contribution < -0.4 is 10.5 Å². The monoisotopic (exact) mass is 495 g/mol. The molecule has 0 aliphatic heterocycles. The first-order valence-electron chi connectivity index (χ1n) is 10.2. The van der Waals surface area contributed by atoms with Gasteiger partial charge in [0.15, 0.2) is 9.84 Å². The van der Waals surface area contributed by atoms with Crippen molar-refractivity contribution in [3.63, 3.8) is 0 Å². The maximum Gasteiger partial charge on any atom is 0.434 e. The molecule has 0 fully saturated rings. The van der Waals surface area contributed by atoms with Crippen LogP contribution in [0.25, 0.3) is 0 Å². The van der Waals surface area contributed by atoms with Gasteiger partial charge in [-0.15, -0.1) is 5.10 Å². The zero-order chi connectivity index (χ0) is 24.0. The van der Waals surface area contributed by atoms with Gasteiger partial charge in [-0.25, -0.2) is 31.1 Å². The minimum absolute atomic E-state index is 0.169. The Labute approximate surface area is 190 Å². The third-order valence-electron chi connectivity index (χ3n) is 5.79. The summed E-state index contributed by atoms with van der Waals surface area (Å²) in [7, 11) is -8.37. The van der Waals surface area contributed by atoms with Crippen molar-refractivity contribution in [3.05, 3.63) is 75.3 Å². The van der Waals surface area contributed by atoms with E-state index in [-0.39, 0.29) is 5.89 Å². The van der Waals surface area contributed by atoms with Crippen LogP contribution in [0.5, 0.6) is 0 Å². The quantitative estimate of drug-likeness (QED) is 0.512. The number of aryl methyl sites for hydroxylation is 1. The van der Waals surface area contributed by atoms with Gasteiger partial charge in [-0.3, -0.25) is 0 Å². The van der Waals surface area contributed by atoms with E-state index in [9.17, 15) is 26.0 Å². The summed E-state index contributed by atoms with van der Waals surface area (Å²) in [5.41, 5.74) is 3.19. The molecule has 1 aliphatic carbocycles. The number of H-pyrrole nitrogens is 1. The van der Waals surface area contributed by atoms with Crippen LogP contribution in [0.3, 0.4) is 0 Å². The number of nitrogens with zero attached hydrogens (tertiary/aromatic N) is 1. The van der Waals surface area contributed by atoms with E-state index < -0.39 is 53.2 Å². The van der Waals surface area contributed by atoms with Gasteiger partial charge in [-0.1, -0.05) is 25.1 Å². The number of benzene rings is 2. The molecule has 1 aromatic heterocycles. The van der Waals surface area contributed by atoms with Crippen LogP contribution in [0.2, 0.25) is 0 Å². The number of hydrogen-bond donors (Lipinski definition) is 2. The molecule has 0 saturated heterocycles. The Balaban J connectivity index is 1.77. The highest BCUT2D eigenvalue weighted by molar-refractivity contribution is 7.91. The highest BCUT2D eigenvalue weighted by Gasteiger charge is 2.33. The van der Waals surface area contributed by atoms with Gasteiger partial charge in [0.25, 0.3) is 0 Å². The Morgan fingerprint density at radius 1 is 1.15 bits per heavy atom. The minimum atomic E-state index is -4.36. The topological polar surface area (TPSA) is 139 Å². The molecule has 9 nitrogen and oxygen atoms in total. The van der Waals surface area contributed by atoms with Crippen molar-refractivity contribution in [2.45, 2.75) is 47.9 Å². The first-order chi connectivity index (χ1) is 15.5. The lowest BCUT2D eigenvalue weighted by Gasteiger charge is -2.24. The van der Waals surface area contributed by atoms with Gasteiger partial charge in [0.1, 0.15) is 16.8 Å². The number of fused-ring (bicyclic) bond motifs is 1. The maximum absolute atomic E-state index is 14.0. The third kappa shape index (κ3) is 4.63. The Morgan fingerprint density at radius 3 is 2.58 bits per heavy atom. The Bertz CT molecular complexity index is 1480. The Hall–Kier alpha value is -2.83. The normalized spacial score (nSPS) is 15.8. The van der Waals surface area contributed by atoms with E-state index >= 15 is 0 Å². The summed E-state index contributed by atoms with van der Waals surface area (Å²) in [6.07, 6.45) is 3.54. The highest BCUT2D eigenvalue weighted by Crippen LogP contribution is 2.37. The van der Waals surface area contributed by atoms with Crippen molar-refractivity contribution < 1.29 is 25.6 Å². The van der Waals surface area contributed by atoms with E-state index in [0.29, 0.717) is 0 Å². The molecule has 2 N–H and O–H groups in total. The van der Waals surface area contributed by atoms with E-state index in [1.165, 1.54) is 5.56 Å². The van der Waals surface area contributed by atoms with Gasteiger partial charge >= 0.3 is 5.76 Å². The number of aromatic amines is 1. The number of aromatic nitrogens is 2. The Morgan fingerprint density at radius 2 is 1.91 bits per heavy atom. The van der Waals surface area contributed by atoms with Gasteiger partial charge < -0.3 is 4.42 Å². The molecule has 33 heavy (non-hydrogen) atoms. The molecule has 0 radical (unpaired) electrons. The molecule has 4 rings (SSSR count). The van der Waals surface area contributed by atoms with Gasteiger partial charge in [0.05, 0.1) is 4.90 Å². The molecule has 2 aromatic carbocycles. The van der Waals surface area contributed by atoms with Crippen LogP contribution in [0, 0.1) is 5.82 Å². The molecule has 2 unspecified atom stereocenters. The Kier molecular flexibility index (Phi) is 6.01. The lowest BCUT2D eigenvalue weighted by atomic mass is 9.88. The zero-order valence-corrected chi connectivity index (χ0v) is 19.5. The van der Waals surface area contributed by atoms with Crippen molar-refractivity contribution in [2.24, 2.45) is 0 Å². The number of sulfone groups is 1. The van der Waals surface area contributed by atoms with E-state index in [0.717, 1.165) is 54.8 Å².